The molecule has 0 unspecified atom stereocenters. The van der Waals surface area contributed by atoms with Gasteiger partial charge in [0, 0.05) is 5.56 Å². The molecular weight excluding hydrogens is 343 g/mol. The normalized spacial score (nSPS) is 16.7. The first-order chi connectivity index (χ1) is 12.0. The number of ether oxygens (including phenoxy) is 1. The van der Waals surface area contributed by atoms with E-state index in [0.717, 1.165) is 17.9 Å². The lowest BCUT2D eigenvalue weighted by Crippen LogP contribution is -3.13. The van der Waals surface area contributed by atoms with Crippen LogP contribution in [0, 0.1) is 5.82 Å². The number of hydrogen-bond donors (Lipinski definition) is 1. The predicted molar refractivity (Wildman–Crippen MR) is 92.6 cm³/mol. The molecule has 25 heavy (non-hydrogen) atoms. The molecule has 2 aromatic rings. The molecule has 0 saturated carbocycles. The average Bonchev–Trinajstić information content (AvgIpc) is 2.62. The molecule has 3 rings (SSSR count). The Labute approximate surface area is 147 Å². The van der Waals surface area contributed by atoms with Gasteiger partial charge in [0.05, 0.1) is 33.3 Å². The maximum Gasteiger partial charge on any atom is 0.246 e. The highest BCUT2D eigenvalue weighted by Crippen LogP contribution is 2.19. The van der Waals surface area contributed by atoms with E-state index in [1.54, 1.807) is 13.2 Å². The lowest BCUT2D eigenvalue weighted by molar-refractivity contribution is -0.917. The lowest BCUT2D eigenvalue weighted by Gasteiger charge is -2.31. The van der Waals surface area contributed by atoms with Gasteiger partial charge in [0.25, 0.3) is 0 Å². The van der Waals surface area contributed by atoms with Gasteiger partial charge >= 0.3 is 0 Å². The van der Waals surface area contributed by atoms with Crippen molar-refractivity contribution in [1.29, 1.82) is 0 Å². The van der Waals surface area contributed by atoms with Crippen LogP contribution in [0.3, 0.4) is 0 Å². The Hall–Kier alpha value is -1.96. The highest BCUT2D eigenvalue weighted by molar-refractivity contribution is 7.89. The summed E-state index contributed by atoms with van der Waals surface area (Å²) in [5, 5.41) is 0. The van der Waals surface area contributed by atoms with Crippen LogP contribution >= 0.6 is 0 Å². The Bertz CT molecular complexity index is 834. The first kappa shape index (κ1) is 17.8. The van der Waals surface area contributed by atoms with Crippen LogP contribution in [-0.2, 0) is 16.6 Å². The van der Waals surface area contributed by atoms with Crippen molar-refractivity contribution in [3.05, 3.63) is 59.9 Å². The van der Waals surface area contributed by atoms with Gasteiger partial charge in [-0.2, -0.15) is 4.31 Å². The second kappa shape index (κ2) is 7.51. The monoisotopic (exact) mass is 365 g/mol. The SMILES string of the molecule is COc1cccc(C[NH+]2CCN(S(=O)(=O)c3ccccc3F)CC2)c1. The van der Waals surface area contributed by atoms with Gasteiger partial charge in [-0.25, -0.2) is 12.8 Å². The van der Waals surface area contributed by atoms with Crippen LogP contribution in [0.15, 0.2) is 53.4 Å². The predicted octanol–water partition coefficient (Wildman–Crippen LogP) is 0.924. The van der Waals surface area contributed by atoms with Crippen molar-refractivity contribution < 1.29 is 22.4 Å². The van der Waals surface area contributed by atoms with Crippen molar-refractivity contribution >= 4 is 10.0 Å². The fraction of sp³-hybridized carbons (Fsp3) is 0.333. The summed E-state index contributed by atoms with van der Waals surface area (Å²) in [7, 11) is -2.14. The number of sulfonamides is 1. The molecule has 1 aliphatic heterocycles. The zero-order valence-corrected chi connectivity index (χ0v) is 14.9. The summed E-state index contributed by atoms with van der Waals surface area (Å²) in [4.78, 5) is 1.06. The summed E-state index contributed by atoms with van der Waals surface area (Å²) in [6.07, 6.45) is 0. The Morgan fingerprint density at radius 3 is 2.52 bits per heavy atom. The molecule has 0 aromatic heterocycles. The van der Waals surface area contributed by atoms with Crippen LogP contribution in [0.2, 0.25) is 0 Å². The average molecular weight is 365 g/mol. The summed E-state index contributed by atoms with van der Waals surface area (Å²) in [6, 6.07) is 13.4. The second-order valence-corrected chi connectivity index (χ2v) is 8.02. The minimum Gasteiger partial charge on any atom is -0.497 e. The summed E-state index contributed by atoms with van der Waals surface area (Å²) in [5.41, 5.74) is 1.15. The number of methoxy groups -OCH3 is 1. The number of benzene rings is 2. The van der Waals surface area contributed by atoms with Gasteiger partial charge < -0.3 is 9.64 Å². The van der Waals surface area contributed by atoms with E-state index < -0.39 is 15.8 Å². The van der Waals surface area contributed by atoms with Crippen LogP contribution in [0.5, 0.6) is 5.75 Å². The van der Waals surface area contributed by atoms with E-state index in [-0.39, 0.29) is 4.90 Å². The summed E-state index contributed by atoms with van der Waals surface area (Å²) in [6.45, 7) is 2.95. The fourth-order valence-corrected chi connectivity index (χ4v) is 4.59. The summed E-state index contributed by atoms with van der Waals surface area (Å²) >= 11 is 0. The maximum absolute atomic E-state index is 13.9. The van der Waals surface area contributed by atoms with Crippen molar-refractivity contribution in [2.75, 3.05) is 33.3 Å². The molecule has 7 heteroatoms. The molecule has 0 aliphatic carbocycles. The number of piperazine rings is 1. The molecule has 0 bridgehead atoms. The number of rotatable bonds is 5. The summed E-state index contributed by atoms with van der Waals surface area (Å²) in [5.74, 6) is 0.117. The first-order valence-electron chi connectivity index (χ1n) is 8.22. The van der Waals surface area contributed by atoms with E-state index >= 15 is 0 Å². The molecule has 1 aliphatic rings. The van der Waals surface area contributed by atoms with Crippen LogP contribution in [0.4, 0.5) is 4.39 Å². The van der Waals surface area contributed by atoms with Gasteiger partial charge in [0.15, 0.2) is 0 Å². The highest BCUT2D eigenvalue weighted by atomic mass is 32.2. The Morgan fingerprint density at radius 2 is 1.84 bits per heavy atom. The molecule has 1 heterocycles. The molecule has 1 N–H and O–H groups in total. The molecule has 0 spiro atoms. The number of halogens is 1. The van der Waals surface area contributed by atoms with Gasteiger partial charge in [-0.3, -0.25) is 0 Å². The largest absolute Gasteiger partial charge is 0.497 e. The van der Waals surface area contributed by atoms with E-state index in [9.17, 15) is 12.8 Å². The molecule has 0 amide bonds. The molecule has 0 atom stereocenters. The van der Waals surface area contributed by atoms with Gasteiger partial charge in [-0.15, -0.1) is 0 Å². The zero-order valence-electron chi connectivity index (χ0n) is 14.1. The van der Waals surface area contributed by atoms with Crippen LogP contribution in [-0.4, -0.2) is 46.0 Å². The Balaban J connectivity index is 1.64. The minimum atomic E-state index is -3.77. The molecular formula is C18H22FN2O3S+. The van der Waals surface area contributed by atoms with E-state index in [1.165, 1.54) is 27.4 Å². The second-order valence-electron chi connectivity index (χ2n) is 6.11. The lowest BCUT2D eigenvalue weighted by atomic mass is 10.2. The number of hydrogen-bond acceptors (Lipinski definition) is 3. The number of nitrogens with zero attached hydrogens (tertiary/aromatic N) is 1. The molecule has 1 fully saturated rings. The topological polar surface area (TPSA) is 51.1 Å². The Kier molecular flexibility index (Phi) is 5.36. The third-order valence-corrected chi connectivity index (χ3v) is 6.40. The number of nitrogens with one attached hydrogen (secondary N) is 1. The van der Waals surface area contributed by atoms with Crippen LogP contribution in [0.1, 0.15) is 5.56 Å². The minimum absolute atomic E-state index is 0.244. The van der Waals surface area contributed by atoms with E-state index in [2.05, 4.69) is 0 Å². The maximum atomic E-state index is 13.9. The van der Waals surface area contributed by atoms with Crippen molar-refractivity contribution in [1.82, 2.24) is 4.31 Å². The van der Waals surface area contributed by atoms with Crippen LogP contribution in [0.25, 0.3) is 0 Å². The molecule has 5 nitrogen and oxygen atoms in total. The van der Waals surface area contributed by atoms with E-state index in [4.69, 9.17) is 4.74 Å². The zero-order chi connectivity index (χ0) is 17.9. The van der Waals surface area contributed by atoms with Crippen molar-refractivity contribution in [3.8, 4) is 5.75 Å². The summed E-state index contributed by atoms with van der Waals surface area (Å²) < 4.78 is 45.7. The third kappa shape index (κ3) is 4.00. The quantitative estimate of drug-likeness (QED) is 0.858. The standard InChI is InChI=1S/C18H21FN2O3S/c1-24-16-6-4-5-15(13-16)14-20-9-11-21(12-10-20)25(22,23)18-8-3-2-7-17(18)19/h2-8,13H,9-12,14H2,1H3/p+1. The van der Waals surface area contributed by atoms with Gasteiger partial charge in [-0.1, -0.05) is 24.3 Å². The van der Waals surface area contributed by atoms with Crippen molar-refractivity contribution in [3.63, 3.8) is 0 Å². The first-order valence-corrected chi connectivity index (χ1v) is 9.66. The molecule has 0 radical (unpaired) electrons. The highest BCUT2D eigenvalue weighted by Gasteiger charge is 2.32. The molecule has 1 saturated heterocycles. The molecule has 134 valence electrons. The van der Waals surface area contributed by atoms with Crippen molar-refractivity contribution in [2.45, 2.75) is 11.4 Å². The Morgan fingerprint density at radius 1 is 1.12 bits per heavy atom. The van der Waals surface area contributed by atoms with E-state index in [1.807, 2.05) is 24.3 Å². The van der Waals surface area contributed by atoms with Gasteiger partial charge in [0.2, 0.25) is 10.0 Å². The van der Waals surface area contributed by atoms with Gasteiger partial charge in [0.1, 0.15) is 23.0 Å². The molecule has 2 aromatic carbocycles. The van der Waals surface area contributed by atoms with Crippen molar-refractivity contribution in [2.24, 2.45) is 0 Å². The number of quaternary nitrogens is 1. The smallest absolute Gasteiger partial charge is 0.246 e. The van der Waals surface area contributed by atoms with Gasteiger partial charge in [-0.05, 0) is 24.3 Å². The fourth-order valence-electron chi connectivity index (χ4n) is 3.08. The van der Waals surface area contributed by atoms with Crippen LogP contribution < -0.4 is 9.64 Å². The third-order valence-electron chi connectivity index (χ3n) is 4.47. The van der Waals surface area contributed by atoms with E-state index in [0.29, 0.717) is 26.2 Å².